The van der Waals surface area contributed by atoms with E-state index in [0.29, 0.717) is 0 Å². The molecule has 21 heavy (non-hydrogen) atoms. The molecule has 0 aromatic heterocycles. The molecule has 0 fully saturated rings. The van der Waals surface area contributed by atoms with Crippen LogP contribution < -0.4 is 10.0 Å². The molecule has 1 aromatic carbocycles. The number of anilines is 1. The second-order valence-corrected chi connectivity index (χ2v) is 6.95. The van der Waals surface area contributed by atoms with Gasteiger partial charge in [0.1, 0.15) is 0 Å². The van der Waals surface area contributed by atoms with Gasteiger partial charge < -0.3 is 10.4 Å². The van der Waals surface area contributed by atoms with Crippen molar-refractivity contribution in [2.24, 2.45) is 0 Å². The summed E-state index contributed by atoms with van der Waals surface area (Å²) in [7, 11) is -3.46. The lowest BCUT2D eigenvalue weighted by atomic mass is 10.1. The highest BCUT2D eigenvalue weighted by Crippen LogP contribution is 2.21. The zero-order chi connectivity index (χ0) is 16.4. The maximum atomic E-state index is 13.7. The number of carboxylic acids is 1. The fraction of sp³-hybridized carbons (Fsp3) is 0.417. The number of rotatable bonds is 6. The summed E-state index contributed by atoms with van der Waals surface area (Å²) in [6.45, 7) is 3.09. The highest BCUT2D eigenvalue weighted by Gasteiger charge is 2.23. The standard InChI is InChI=1S/C12H16F2N2O4S/c1-12(2,16-21(3,19)20)6-15-8-5-4-7(11(17)18)9(13)10(8)14/h4-5,15-16H,6H2,1-3H3,(H,17,18). The summed E-state index contributed by atoms with van der Waals surface area (Å²) < 4.78 is 51.8. The number of hydrogen-bond donors (Lipinski definition) is 3. The molecule has 0 spiro atoms. The van der Waals surface area contributed by atoms with Crippen LogP contribution in [0.2, 0.25) is 0 Å². The third-order valence-corrected chi connectivity index (χ3v) is 3.42. The quantitative estimate of drug-likeness (QED) is 0.736. The van der Waals surface area contributed by atoms with Crippen LogP contribution in [-0.2, 0) is 10.0 Å². The minimum Gasteiger partial charge on any atom is -0.478 e. The molecule has 1 rings (SSSR count). The molecule has 6 nitrogen and oxygen atoms in total. The molecule has 0 saturated heterocycles. The van der Waals surface area contributed by atoms with Crippen LogP contribution in [0.15, 0.2) is 12.1 Å². The van der Waals surface area contributed by atoms with E-state index in [4.69, 9.17) is 5.11 Å². The summed E-state index contributed by atoms with van der Waals surface area (Å²) >= 11 is 0. The fourth-order valence-electron chi connectivity index (χ4n) is 1.71. The molecule has 0 heterocycles. The van der Waals surface area contributed by atoms with Crippen LogP contribution in [-0.4, -0.2) is 37.8 Å². The first-order valence-electron chi connectivity index (χ1n) is 5.87. The molecule has 0 amide bonds. The molecular formula is C12H16F2N2O4S. The minimum atomic E-state index is -3.46. The lowest BCUT2D eigenvalue weighted by Gasteiger charge is -2.26. The van der Waals surface area contributed by atoms with E-state index in [2.05, 4.69) is 10.0 Å². The van der Waals surface area contributed by atoms with Gasteiger partial charge in [-0.05, 0) is 26.0 Å². The number of carboxylic acid groups (broad SMARTS) is 1. The molecule has 0 atom stereocenters. The van der Waals surface area contributed by atoms with E-state index in [1.807, 2.05) is 0 Å². The Hall–Kier alpha value is -1.74. The SMILES string of the molecule is CC(C)(CNc1ccc(C(=O)O)c(F)c1F)NS(C)(=O)=O. The van der Waals surface area contributed by atoms with Gasteiger partial charge in [-0.25, -0.2) is 26.7 Å². The summed E-state index contributed by atoms with van der Waals surface area (Å²) in [5.41, 5.74) is -1.96. The van der Waals surface area contributed by atoms with Crippen molar-refractivity contribution in [1.82, 2.24) is 4.72 Å². The van der Waals surface area contributed by atoms with Crippen LogP contribution in [0.5, 0.6) is 0 Å². The van der Waals surface area contributed by atoms with Gasteiger partial charge in [-0.2, -0.15) is 0 Å². The van der Waals surface area contributed by atoms with Gasteiger partial charge >= 0.3 is 5.97 Å². The van der Waals surface area contributed by atoms with Gasteiger partial charge in [0.2, 0.25) is 10.0 Å². The molecule has 0 radical (unpaired) electrons. The molecule has 118 valence electrons. The van der Waals surface area contributed by atoms with Crippen molar-refractivity contribution in [2.75, 3.05) is 18.1 Å². The van der Waals surface area contributed by atoms with Crippen molar-refractivity contribution >= 4 is 21.7 Å². The summed E-state index contributed by atoms with van der Waals surface area (Å²) in [6, 6.07) is 2.01. The normalized spacial score (nSPS) is 12.2. The molecule has 1 aromatic rings. The number of aromatic carboxylic acids is 1. The third kappa shape index (κ3) is 4.94. The van der Waals surface area contributed by atoms with Crippen molar-refractivity contribution in [2.45, 2.75) is 19.4 Å². The predicted molar refractivity (Wildman–Crippen MR) is 73.9 cm³/mol. The summed E-state index contributed by atoms with van der Waals surface area (Å²) in [5.74, 6) is -4.37. The lowest BCUT2D eigenvalue weighted by molar-refractivity contribution is 0.0690. The number of hydrogen-bond acceptors (Lipinski definition) is 4. The van der Waals surface area contributed by atoms with Gasteiger partial charge in [0.15, 0.2) is 11.6 Å². The molecule has 0 aliphatic rings. The van der Waals surface area contributed by atoms with Gasteiger partial charge in [0.05, 0.1) is 17.5 Å². The predicted octanol–water partition coefficient (Wildman–Crippen LogP) is 1.40. The van der Waals surface area contributed by atoms with Gasteiger partial charge in [-0.1, -0.05) is 0 Å². The van der Waals surface area contributed by atoms with E-state index < -0.39 is 38.7 Å². The van der Waals surface area contributed by atoms with E-state index in [-0.39, 0.29) is 12.2 Å². The first kappa shape index (κ1) is 17.3. The maximum Gasteiger partial charge on any atom is 0.338 e. The van der Waals surface area contributed by atoms with Gasteiger partial charge in [0, 0.05) is 12.1 Å². The average molecular weight is 322 g/mol. The monoisotopic (exact) mass is 322 g/mol. The maximum absolute atomic E-state index is 13.7. The Morgan fingerprint density at radius 1 is 1.29 bits per heavy atom. The summed E-state index contributed by atoms with van der Waals surface area (Å²) in [6.07, 6.45) is 0.983. The van der Waals surface area contributed by atoms with Crippen LogP contribution in [0.3, 0.4) is 0 Å². The fourth-order valence-corrected chi connectivity index (χ4v) is 2.78. The zero-order valence-corrected chi connectivity index (χ0v) is 12.5. The first-order valence-corrected chi connectivity index (χ1v) is 7.76. The molecule has 0 aliphatic carbocycles. The molecule has 0 saturated carbocycles. The number of benzene rings is 1. The molecule has 0 aliphatic heterocycles. The van der Waals surface area contributed by atoms with Crippen molar-refractivity contribution in [3.05, 3.63) is 29.3 Å². The Bertz CT molecular complexity index is 659. The zero-order valence-electron chi connectivity index (χ0n) is 11.7. The lowest BCUT2D eigenvalue weighted by Crippen LogP contribution is -2.47. The van der Waals surface area contributed by atoms with Crippen molar-refractivity contribution in [1.29, 1.82) is 0 Å². The molecular weight excluding hydrogens is 306 g/mol. The first-order chi connectivity index (χ1) is 9.43. The van der Waals surface area contributed by atoms with Crippen LogP contribution in [0.4, 0.5) is 14.5 Å². The molecule has 0 unspecified atom stereocenters. The Kier molecular flexibility index (Phi) is 4.90. The number of nitrogens with one attached hydrogen (secondary N) is 2. The minimum absolute atomic E-state index is 0.0250. The summed E-state index contributed by atoms with van der Waals surface area (Å²) in [4.78, 5) is 10.7. The Balaban J connectivity index is 2.91. The van der Waals surface area contributed by atoms with Gasteiger partial charge in [0.25, 0.3) is 0 Å². The van der Waals surface area contributed by atoms with Crippen molar-refractivity contribution in [3.63, 3.8) is 0 Å². The highest BCUT2D eigenvalue weighted by molar-refractivity contribution is 7.88. The molecule has 0 bridgehead atoms. The van der Waals surface area contributed by atoms with Gasteiger partial charge in [-0.3, -0.25) is 0 Å². The summed E-state index contributed by atoms with van der Waals surface area (Å²) in [5, 5.41) is 11.2. The van der Waals surface area contributed by atoms with Crippen molar-refractivity contribution in [3.8, 4) is 0 Å². The number of carbonyl (C=O) groups is 1. The third-order valence-electron chi connectivity index (χ3n) is 2.50. The van der Waals surface area contributed by atoms with E-state index in [1.54, 1.807) is 13.8 Å². The van der Waals surface area contributed by atoms with Crippen LogP contribution >= 0.6 is 0 Å². The van der Waals surface area contributed by atoms with Crippen LogP contribution in [0.25, 0.3) is 0 Å². The Morgan fingerprint density at radius 3 is 2.33 bits per heavy atom. The largest absolute Gasteiger partial charge is 0.478 e. The van der Waals surface area contributed by atoms with E-state index in [0.717, 1.165) is 18.4 Å². The Labute approximate surface area is 121 Å². The van der Waals surface area contributed by atoms with E-state index in [1.165, 1.54) is 0 Å². The van der Waals surface area contributed by atoms with Crippen molar-refractivity contribution < 1.29 is 27.1 Å². The second-order valence-electron chi connectivity index (χ2n) is 5.21. The van der Waals surface area contributed by atoms with Crippen LogP contribution in [0.1, 0.15) is 24.2 Å². The Morgan fingerprint density at radius 2 is 1.86 bits per heavy atom. The average Bonchev–Trinajstić information content (AvgIpc) is 2.27. The van der Waals surface area contributed by atoms with Crippen LogP contribution in [0, 0.1) is 11.6 Å². The van der Waals surface area contributed by atoms with E-state index in [9.17, 15) is 22.0 Å². The number of sulfonamides is 1. The molecule has 3 N–H and O–H groups in total. The topological polar surface area (TPSA) is 95.5 Å². The highest BCUT2D eigenvalue weighted by atomic mass is 32.2. The smallest absolute Gasteiger partial charge is 0.338 e. The second kappa shape index (κ2) is 5.94. The van der Waals surface area contributed by atoms with Gasteiger partial charge in [-0.15, -0.1) is 0 Å². The van der Waals surface area contributed by atoms with E-state index >= 15 is 0 Å². The number of halogens is 2. The molecule has 9 heteroatoms.